The van der Waals surface area contributed by atoms with Crippen LogP contribution in [0.5, 0.6) is 5.88 Å². The summed E-state index contributed by atoms with van der Waals surface area (Å²) in [6.07, 6.45) is 1.33. The first kappa shape index (κ1) is 11.0. The molecule has 5 heteroatoms. The third-order valence-corrected chi connectivity index (χ3v) is 1.74. The van der Waals surface area contributed by atoms with Crippen LogP contribution in [0.15, 0.2) is 18.3 Å². The lowest BCUT2D eigenvalue weighted by atomic mass is 10.1. The Morgan fingerprint density at radius 3 is 2.67 bits per heavy atom. The van der Waals surface area contributed by atoms with Crippen LogP contribution in [0.4, 0.5) is 0 Å². The minimum atomic E-state index is -1.33. The average Bonchev–Trinajstić information content (AvgIpc) is 2.18. The van der Waals surface area contributed by atoms with Gasteiger partial charge in [-0.15, -0.1) is 0 Å². The van der Waals surface area contributed by atoms with E-state index in [1.807, 2.05) is 6.07 Å². The van der Waals surface area contributed by atoms with Crippen molar-refractivity contribution in [3.63, 3.8) is 0 Å². The first-order chi connectivity index (χ1) is 6.95. The first-order valence-corrected chi connectivity index (χ1v) is 4.24. The fraction of sp³-hybridized carbons (Fsp3) is 0.300. The fourth-order valence-corrected chi connectivity index (χ4v) is 0.812. The molecule has 0 bridgehead atoms. The summed E-state index contributed by atoms with van der Waals surface area (Å²) in [6.45, 7) is 2.85. The molecule has 0 radical (unpaired) electrons. The van der Waals surface area contributed by atoms with Gasteiger partial charge in [-0.05, 0) is 19.9 Å². The summed E-state index contributed by atoms with van der Waals surface area (Å²) in [6, 6.07) is 4.88. The molecule has 1 N–H and O–H groups in total. The second-order valence-electron chi connectivity index (χ2n) is 3.41. The molecule has 1 rings (SSSR count). The van der Waals surface area contributed by atoms with Gasteiger partial charge in [0.25, 0.3) is 0 Å². The first-order valence-electron chi connectivity index (χ1n) is 4.24. The number of carboxylic acid groups (broad SMARTS) is 1. The van der Waals surface area contributed by atoms with Gasteiger partial charge in [0, 0.05) is 12.3 Å². The normalized spacial score (nSPS) is 10.5. The predicted octanol–water partition coefficient (Wildman–Crippen LogP) is 1.20. The van der Waals surface area contributed by atoms with Crippen LogP contribution in [0.1, 0.15) is 19.4 Å². The molecular weight excluding hydrogens is 196 g/mol. The highest BCUT2D eigenvalue weighted by Gasteiger charge is 2.29. The lowest BCUT2D eigenvalue weighted by Gasteiger charge is -2.20. The Hall–Kier alpha value is -2.09. The zero-order valence-electron chi connectivity index (χ0n) is 8.39. The molecule has 15 heavy (non-hydrogen) atoms. The summed E-state index contributed by atoms with van der Waals surface area (Å²) in [7, 11) is 0. The van der Waals surface area contributed by atoms with E-state index in [1.54, 1.807) is 0 Å². The van der Waals surface area contributed by atoms with Gasteiger partial charge in [0.2, 0.25) is 11.5 Å². The quantitative estimate of drug-likeness (QED) is 0.803. The van der Waals surface area contributed by atoms with E-state index in [0.717, 1.165) is 0 Å². The minimum absolute atomic E-state index is 0.182. The Bertz CT molecular complexity index is 404. The maximum atomic E-state index is 10.7. The molecule has 0 aliphatic heterocycles. The summed E-state index contributed by atoms with van der Waals surface area (Å²) >= 11 is 0. The van der Waals surface area contributed by atoms with Crippen LogP contribution in [0.3, 0.4) is 0 Å². The van der Waals surface area contributed by atoms with Crippen molar-refractivity contribution in [2.24, 2.45) is 0 Å². The average molecular weight is 206 g/mol. The third kappa shape index (κ3) is 2.68. The number of hydrogen-bond donors (Lipinski definition) is 1. The van der Waals surface area contributed by atoms with Gasteiger partial charge in [-0.3, -0.25) is 0 Å². The van der Waals surface area contributed by atoms with E-state index in [0.29, 0.717) is 5.56 Å². The van der Waals surface area contributed by atoms with Gasteiger partial charge < -0.3 is 9.84 Å². The number of ether oxygens (including phenoxy) is 1. The minimum Gasteiger partial charge on any atom is -0.478 e. The Kier molecular flexibility index (Phi) is 2.90. The number of rotatable bonds is 3. The Morgan fingerprint density at radius 1 is 1.60 bits per heavy atom. The van der Waals surface area contributed by atoms with E-state index < -0.39 is 11.6 Å². The van der Waals surface area contributed by atoms with E-state index >= 15 is 0 Å². The molecule has 1 aromatic rings. The number of carbonyl (C=O) groups is 1. The predicted molar refractivity (Wildman–Crippen MR) is 51.3 cm³/mol. The van der Waals surface area contributed by atoms with Crippen molar-refractivity contribution >= 4 is 5.97 Å². The second-order valence-corrected chi connectivity index (χ2v) is 3.41. The van der Waals surface area contributed by atoms with Crippen LogP contribution in [0.2, 0.25) is 0 Å². The number of hydrogen-bond acceptors (Lipinski definition) is 4. The van der Waals surface area contributed by atoms with Crippen molar-refractivity contribution in [1.29, 1.82) is 5.26 Å². The number of carboxylic acids is 1. The molecule has 0 saturated carbocycles. The molecule has 5 nitrogen and oxygen atoms in total. The molecule has 1 aromatic heterocycles. The largest absolute Gasteiger partial charge is 0.478 e. The number of pyridine rings is 1. The van der Waals surface area contributed by atoms with Crippen LogP contribution in [0.25, 0.3) is 0 Å². The van der Waals surface area contributed by atoms with E-state index in [-0.39, 0.29) is 5.88 Å². The van der Waals surface area contributed by atoms with E-state index in [2.05, 4.69) is 4.98 Å². The van der Waals surface area contributed by atoms with Crippen molar-refractivity contribution in [2.75, 3.05) is 0 Å². The molecule has 0 spiro atoms. The van der Waals surface area contributed by atoms with Crippen LogP contribution >= 0.6 is 0 Å². The molecule has 78 valence electrons. The van der Waals surface area contributed by atoms with Crippen molar-refractivity contribution in [3.8, 4) is 11.9 Å². The smallest absolute Gasteiger partial charge is 0.347 e. The number of nitrogens with zero attached hydrogens (tertiary/aromatic N) is 2. The maximum absolute atomic E-state index is 10.7. The second kappa shape index (κ2) is 3.96. The lowest BCUT2D eigenvalue weighted by Crippen LogP contribution is -2.38. The molecule has 0 aliphatic carbocycles. The van der Waals surface area contributed by atoms with E-state index in [9.17, 15) is 4.79 Å². The van der Waals surface area contributed by atoms with E-state index in [1.165, 1.54) is 32.2 Å². The van der Waals surface area contributed by atoms with Gasteiger partial charge in [-0.25, -0.2) is 9.78 Å². The zero-order chi connectivity index (χ0) is 11.5. The molecular formula is C10H10N2O3. The summed E-state index contributed by atoms with van der Waals surface area (Å²) in [5.41, 5.74) is -0.934. The van der Waals surface area contributed by atoms with Gasteiger partial charge in [0.05, 0.1) is 5.56 Å². The van der Waals surface area contributed by atoms with Crippen LogP contribution < -0.4 is 4.74 Å². The van der Waals surface area contributed by atoms with Crippen molar-refractivity contribution in [1.82, 2.24) is 4.98 Å². The number of aromatic nitrogens is 1. The van der Waals surface area contributed by atoms with Crippen molar-refractivity contribution in [2.45, 2.75) is 19.4 Å². The topological polar surface area (TPSA) is 83.2 Å². The summed E-state index contributed by atoms with van der Waals surface area (Å²) in [5.74, 6) is -0.893. The van der Waals surface area contributed by atoms with Gasteiger partial charge in [-0.1, -0.05) is 0 Å². The SMILES string of the molecule is CC(C)(Oc1ccc(C#N)cn1)C(=O)O. The molecule has 1 heterocycles. The molecule has 0 fully saturated rings. The Balaban J connectivity index is 2.83. The summed E-state index contributed by atoms with van der Waals surface area (Å²) in [5, 5.41) is 17.3. The maximum Gasteiger partial charge on any atom is 0.347 e. The monoisotopic (exact) mass is 206 g/mol. The molecule has 0 unspecified atom stereocenters. The summed E-state index contributed by atoms with van der Waals surface area (Å²) < 4.78 is 5.14. The molecule has 0 aliphatic rings. The molecule has 0 saturated heterocycles. The van der Waals surface area contributed by atoms with Crippen LogP contribution in [-0.4, -0.2) is 21.7 Å². The van der Waals surface area contributed by atoms with E-state index in [4.69, 9.17) is 15.1 Å². The van der Waals surface area contributed by atoms with Gasteiger partial charge in [0.1, 0.15) is 6.07 Å². The molecule has 0 aromatic carbocycles. The van der Waals surface area contributed by atoms with Gasteiger partial charge >= 0.3 is 5.97 Å². The highest BCUT2D eigenvalue weighted by molar-refractivity contribution is 5.76. The standard InChI is InChI=1S/C10H10N2O3/c1-10(2,9(13)14)15-8-4-3-7(5-11)6-12-8/h3-4,6H,1-2H3,(H,13,14). The van der Waals surface area contributed by atoms with Gasteiger partial charge in [-0.2, -0.15) is 5.26 Å². The number of nitriles is 1. The van der Waals surface area contributed by atoms with Crippen LogP contribution in [-0.2, 0) is 4.79 Å². The van der Waals surface area contributed by atoms with Crippen molar-refractivity contribution < 1.29 is 14.6 Å². The van der Waals surface area contributed by atoms with Crippen LogP contribution in [0, 0.1) is 11.3 Å². The zero-order valence-corrected chi connectivity index (χ0v) is 8.39. The summed E-state index contributed by atoms with van der Waals surface area (Å²) in [4.78, 5) is 14.6. The Morgan fingerprint density at radius 2 is 2.27 bits per heavy atom. The Labute approximate surface area is 86.9 Å². The highest BCUT2D eigenvalue weighted by atomic mass is 16.5. The number of aliphatic carboxylic acids is 1. The molecule has 0 atom stereocenters. The lowest BCUT2D eigenvalue weighted by molar-refractivity contribution is -0.152. The van der Waals surface area contributed by atoms with Crippen molar-refractivity contribution in [3.05, 3.63) is 23.9 Å². The molecule has 0 amide bonds. The van der Waals surface area contributed by atoms with Gasteiger partial charge in [0.15, 0.2) is 0 Å². The fourth-order valence-electron chi connectivity index (χ4n) is 0.812. The third-order valence-electron chi connectivity index (χ3n) is 1.74. The highest BCUT2D eigenvalue weighted by Crippen LogP contribution is 2.15.